The molecule has 3 rings (SSSR count). The third kappa shape index (κ3) is 4.00. The molecule has 1 aromatic heterocycles. The van der Waals surface area contributed by atoms with Crippen LogP contribution in [0.4, 0.5) is 19.1 Å². The van der Waals surface area contributed by atoms with Crippen molar-refractivity contribution in [3.05, 3.63) is 35.7 Å². The molecule has 6 nitrogen and oxygen atoms in total. The quantitative estimate of drug-likeness (QED) is 0.862. The molecule has 0 saturated heterocycles. The van der Waals surface area contributed by atoms with Gasteiger partial charge in [-0.2, -0.15) is 18.2 Å². The Morgan fingerprint density at radius 2 is 1.88 bits per heavy atom. The summed E-state index contributed by atoms with van der Waals surface area (Å²) in [5.74, 6) is -0.0881. The van der Waals surface area contributed by atoms with Crippen LogP contribution in [0.3, 0.4) is 0 Å². The van der Waals surface area contributed by atoms with Gasteiger partial charge in [0.2, 0.25) is 0 Å². The lowest BCUT2D eigenvalue weighted by Gasteiger charge is -2.21. The van der Waals surface area contributed by atoms with Crippen molar-refractivity contribution in [3.8, 4) is 0 Å². The maximum atomic E-state index is 12.7. The Morgan fingerprint density at radius 3 is 2.50 bits per heavy atom. The minimum Gasteiger partial charge on any atom is -0.248 e. The van der Waals surface area contributed by atoms with E-state index >= 15 is 0 Å². The van der Waals surface area contributed by atoms with Crippen LogP contribution in [0, 0.1) is 6.92 Å². The van der Waals surface area contributed by atoms with Crippen LogP contribution in [0.1, 0.15) is 49.3 Å². The second-order valence-electron chi connectivity index (χ2n) is 6.42. The van der Waals surface area contributed by atoms with Crippen molar-refractivity contribution in [2.45, 2.75) is 56.1 Å². The lowest BCUT2D eigenvalue weighted by atomic mass is 9.96. The van der Waals surface area contributed by atoms with E-state index in [1.165, 1.54) is 19.7 Å². The highest BCUT2D eigenvalue weighted by molar-refractivity contribution is 7.92. The fourth-order valence-corrected chi connectivity index (χ4v) is 4.32. The van der Waals surface area contributed by atoms with E-state index in [1.807, 2.05) is 0 Å². The molecule has 1 aromatic carbocycles. The summed E-state index contributed by atoms with van der Waals surface area (Å²) in [6.07, 6.45) is 2.25. The van der Waals surface area contributed by atoms with Crippen molar-refractivity contribution >= 4 is 16.0 Å². The van der Waals surface area contributed by atoms with Crippen molar-refractivity contribution in [3.63, 3.8) is 0 Å². The number of hydrogen-bond donors (Lipinski definition) is 1. The fraction of sp³-hybridized carbons (Fsp3) is 0.500. The monoisotopic (exact) mass is 388 g/mol. The Labute approximate surface area is 149 Å². The number of sulfonamides is 1. The van der Waals surface area contributed by atoms with Gasteiger partial charge in [0.1, 0.15) is 6.33 Å². The lowest BCUT2D eigenvalue weighted by Crippen LogP contribution is -2.17. The highest BCUT2D eigenvalue weighted by Crippen LogP contribution is 2.32. The molecule has 0 amide bonds. The zero-order valence-electron chi connectivity index (χ0n) is 14.1. The van der Waals surface area contributed by atoms with Crippen LogP contribution in [0.15, 0.2) is 29.4 Å². The van der Waals surface area contributed by atoms with Gasteiger partial charge in [-0.15, -0.1) is 5.10 Å². The number of anilines is 1. The molecular formula is C16H19F3N4O2S. The molecule has 2 aromatic rings. The van der Waals surface area contributed by atoms with Gasteiger partial charge >= 0.3 is 6.18 Å². The third-order valence-electron chi connectivity index (χ3n) is 4.47. The van der Waals surface area contributed by atoms with Crippen molar-refractivity contribution in [2.24, 2.45) is 0 Å². The first kappa shape index (κ1) is 18.7. The lowest BCUT2D eigenvalue weighted by molar-refractivity contribution is -0.137. The Morgan fingerprint density at radius 1 is 1.19 bits per heavy atom. The van der Waals surface area contributed by atoms with Gasteiger partial charge in [-0.3, -0.25) is 0 Å². The van der Waals surface area contributed by atoms with Gasteiger partial charge in [-0.05, 0) is 43.5 Å². The summed E-state index contributed by atoms with van der Waals surface area (Å²) < 4.78 is 67.1. The van der Waals surface area contributed by atoms with E-state index in [1.54, 1.807) is 4.68 Å². The standard InChI is InChI=1S/C16H19F3N4O2S/c1-11-9-12(16(17,18)19)7-8-14(11)26(24,25)22-15-20-10-23(21-15)13-5-3-2-4-6-13/h7-10,13H,2-6H2,1H3,(H,21,22). The Kier molecular flexibility index (Phi) is 4.96. The number of alkyl halides is 3. The topological polar surface area (TPSA) is 76.9 Å². The number of benzene rings is 1. The van der Waals surface area contributed by atoms with E-state index in [0.29, 0.717) is 0 Å². The number of halogens is 3. The fourth-order valence-electron chi connectivity index (χ4n) is 3.15. The first-order valence-corrected chi connectivity index (χ1v) is 9.77. The molecule has 1 fully saturated rings. The second kappa shape index (κ2) is 6.90. The summed E-state index contributed by atoms with van der Waals surface area (Å²) in [6, 6.07) is 2.69. The average molecular weight is 388 g/mol. The molecule has 0 radical (unpaired) electrons. The first-order valence-electron chi connectivity index (χ1n) is 8.28. The van der Waals surface area contributed by atoms with Crippen LogP contribution in [0.5, 0.6) is 0 Å². The van der Waals surface area contributed by atoms with Gasteiger partial charge in [0.15, 0.2) is 0 Å². The van der Waals surface area contributed by atoms with Crippen LogP contribution < -0.4 is 4.72 Å². The van der Waals surface area contributed by atoms with E-state index in [2.05, 4.69) is 14.8 Å². The summed E-state index contributed by atoms with van der Waals surface area (Å²) in [5, 5.41) is 4.17. The van der Waals surface area contributed by atoms with Gasteiger partial charge in [0.25, 0.3) is 16.0 Å². The SMILES string of the molecule is Cc1cc(C(F)(F)F)ccc1S(=O)(=O)Nc1ncn(C2CCCCC2)n1. The Bertz CT molecular complexity index is 887. The number of nitrogens with zero attached hydrogens (tertiary/aromatic N) is 3. The molecule has 0 aliphatic heterocycles. The predicted molar refractivity (Wildman–Crippen MR) is 89.1 cm³/mol. The van der Waals surface area contributed by atoms with Crippen LogP contribution in [0.2, 0.25) is 0 Å². The molecule has 1 saturated carbocycles. The molecular weight excluding hydrogens is 369 g/mol. The van der Waals surface area contributed by atoms with Gasteiger partial charge in [-0.25, -0.2) is 17.8 Å². The van der Waals surface area contributed by atoms with Crippen LogP contribution in [-0.2, 0) is 16.2 Å². The number of aromatic nitrogens is 3. The molecule has 0 bridgehead atoms. The molecule has 0 spiro atoms. The van der Waals surface area contributed by atoms with Gasteiger partial charge in [0, 0.05) is 0 Å². The van der Waals surface area contributed by atoms with Crippen LogP contribution in [-0.4, -0.2) is 23.2 Å². The smallest absolute Gasteiger partial charge is 0.248 e. The molecule has 26 heavy (non-hydrogen) atoms. The summed E-state index contributed by atoms with van der Waals surface area (Å²) in [6.45, 7) is 1.32. The number of aryl methyl sites for hydroxylation is 1. The Hall–Kier alpha value is -2.10. The van der Waals surface area contributed by atoms with Crippen molar-refractivity contribution in [1.82, 2.24) is 14.8 Å². The molecule has 1 heterocycles. The van der Waals surface area contributed by atoms with E-state index < -0.39 is 21.8 Å². The highest BCUT2D eigenvalue weighted by Gasteiger charge is 2.32. The second-order valence-corrected chi connectivity index (χ2v) is 8.07. The number of rotatable bonds is 4. The average Bonchev–Trinajstić information content (AvgIpc) is 3.02. The summed E-state index contributed by atoms with van der Waals surface area (Å²) in [5.41, 5.74) is -0.896. The molecule has 1 aliphatic rings. The minimum absolute atomic E-state index is 0.000891. The highest BCUT2D eigenvalue weighted by atomic mass is 32.2. The summed E-state index contributed by atoms with van der Waals surface area (Å²) >= 11 is 0. The largest absolute Gasteiger partial charge is 0.416 e. The first-order chi connectivity index (χ1) is 12.2. The molecule has 0 atom stereocenters. The van der Waals surface area contributed by atoms with Crippen LogP contribution in [0.25, 0.3) is 0 Å². The molecule has 1 N–H and O–H groups in total. The van der Waals surface area contributed by atoms with E-state index in [9.17, 15) is 21.6 Å². The molecule has 0 unspecified atom stereocenters. The van der Waals surface area contributed by atoms with Crippen molar-refractivity contribution in [1.29, 1.82) is 0 Å². The van der Waals surface area contributed by atoms with Crippen molar-refractivity contribution in [2.75, 3.05) is 4.72 Å². The van der Waals surface area contributed by atoms with E-state index in [0.717, 1.165) is 43.9 Å². The van der Waals surface area contributed by atoms with Crippen molar-refractivity contribution < 1.29 is 21.6 Å². The third-order valence-corrected chi connectivity index (χ3v) is 5.96. The van der Waals surface area contributed by atoms with Gasteiger partial charge in [0.05, 0.1) is 16.5 Å². The van der Waals surface area contributed by atoms with Gasteiger partial charge in [-0.1, -0.05) is 19.3 Å². The maximum Gasteiger partial charge on any atom is 0.416 e. The zero-order valence-corrected chi connectivity index (χ0v) is 14.9. The van der Waals surface area contributed by atoms with E-state index in [4.69, 9.17) is 0 Å². The normalized spacial score (nSPS) is 16.6. The summed E-state index contributed by atoms with van der Waals surface area (Å²) in [4.78, 5) is 3.73. The predicted octanol–water partition coefficient (Wildman–Crippen LogP) is 3.91. The Balaban J connectivity index is 1.80. The van der Waals surface area contributed by atoms with Gasteiger partial charge < -0.3 is 0 Å². The molecule has 10 heteroatoms. The van der Waals surface area contributed by atoms with Crippen LogP contribution >= 0.6 is 0 Å². The maximum absolute atomic E-state index is 12.7. The van der Waals surface area contributed by atoms with E-state index in [-0.39, 0.29) is 22.4 Å². The molecule has 1 aliphatic carbocycles. The number of hydrogen-bond acceptors (Lipinski definition) is 4. The minimum atomic E-state index is -4.53. The summed E-state index contributed by atoms with van der Waals surface area (Å²) in [7, 11) is -4.08. The number of nitrogens with one attached hydrogen (secondary N) is 1. The molecule has 142 valence electrons. The zero-order chi connectivity index (χ0) is 18.9.